The molecule has 1 rings (SSSR count). The van der Waals surface area contributed by atoms with Crippen molar-refractivity contribution in [3.63, 3.8) is 0 Å². The Bertz CT molecular complexity index is 203. The van der Waals surface area contributed by atoms with Gasteiger partial charge in [-0.2, -0.15) is 0 Å². The Hall–Kier alpha value is -0.0800. The summed E-state index contributed by atoms with van der Waals surface area (Å²) in [6.07, 6.45) is 7.57. The van der Waals surface area contributed by atoms with E-state index in [1.807, 2.05) is 0 Å². The van der Waals surface area contributed by atoms with Gasteiger partial charge in [0.1, 0.15) is 0 Å². The molecule has 2 heteroatoms. The van der Waals surface area contributed by atoms with Gasteiger partial charge in [0.15, 0.2) is 0 Å². The zero-order valence-corrected chi connectivity index (χ0v) is 12.1. The van der Waals surface area contributed by atoms with Gasteiger partial charge < -0.3 is 10.4 Å². The van der Waals surface area contributed by atoms with Crippen LogP contribution in [0.5, 0.6) is 0 Å². The van der Waals surface area contributed by atoms with Gasteiger partial charge >= 0.3 is 0 Å². The maximum atomic E-state index is 9.21. The average Bonchev–Trinajstić information content (AvgIpc) is 2.36. The van der Waals surface area contributed by atoms with Crippen molar-refractivity contribution in [3.05, 3.63) is 0 Å². The van der Waals surface area contributed by atoms with Crippen molar-refractivity contribution >= 4 is 0 Å². The highest BCUT2D eigenvalue weighted by molar-refractivity contribution is 4.86. The highest BCUT2D eigenvalue weighted by atomic mass is 16.3. The quantitative estimate of drug-likeness (QED) is 0.747. The summed E-state index contributed by atoms with van der Waals surface area (Å²) in [4.78, 5) is 0. The summed E-state index contributed by atoms with van der Waals surface area (Å²) in [5.41, 5.74) is 0.506. The Labute approximate surface area is 107 Å². The number of nitrogens with one attached hydrogen (secondary N) is 1. The first-order valence-electron chi connectivity index (χ1n) is 7.40. The molecule has 0 bridgehead atoms. The predicted molar refractivity (Wildman–Crippen MR) is 74.1 cm³/mol. The predicted octanol–water partition coefficient (Wildman–Crippen LogP) is 3.34. The number of aliphatic hydroxyl groups is 1. The van der Waals surface area contributed by atoms with Crippen molar-refractivity contribution in [2.75, 3.05) is 6.61 Å². The van der Waals surface area contributed by atoms with E-state index in [4.69, 9.17) is 0 Å². The molecule has 0 aromatic carbocycles. The third kappa shape index (κ3) is 4.26. The van der Waals surface area contributed by atoms with E-state index in [1.165, 1.54) is 32.1 Å². The fourth-order valence-corrected chi connectivity index (χ4v) is 2.96. The number of aliphatic hydroxyl groups excluding tert-OH is 1. The van der Waals surface area contributed by atoms with E-state index in [9.17, 15) is 5.11 Å². The molecule has 1 saturated carbocycles. The summed E-state index contributed by atoms with van der Waals surface area (Å²) < 4.78 is 0. The van der Waals surface area contributed by atoms with Crippen molar-refractivity contribution < 1.29 is 5.11 Å². The van der Waals surface area contributed by atoms with Gasteiger partial charge in [-0.3, -0.25) is 0 Å². The van der Waals surface area contributed by atoms with E-state index < -0.39 is 0 Å². The van der Waals surface area contributed by atoms with Crippen LogP contribution in [-0.2, 0) is 0 Å². The molecular formula is C15H31NO. The lowest BCUT2D eigenvalue weighted by Gasteiger charge is -2.39. The minimum absolute atomic E-state index is 0.275. The molecular weight excluding hydrogens is 210 g/mol. The maximum Gasteiger partial charge on any atom is 0.0584 e. The van der Waals surface area contributed by atoms with Crippen LogP contribution >= 0.6 is 0 Å². The van der Waals surface area contributed by atoms with Crippen LogP contribution in [-0.4, -0.2) is 23.8 Å². The topological polar surface area (TPSA) is 32.3 Å². The van der Waals surface area contributed by atoms with Gasteiger partial charge in [0.05, 0.1) is 6.61 Å². The van der Waals surface area contributed by atoms with Crippen molar-refractivity contribution in [2.24, 2.45) is 11.3 Å². The third-order valence-electron chi connectivity index (χ3n) is 4.93. The molecule has 2 nitrogen and oxygen atoms in total. The molecule has 0 amide bonds. The van der Waals surface area contributed by atoms with Gasteiger partial charge in [-0.15, -0.1) is 0 Å². The SMILES string of the molecule is CC[C@H](CO)NC1CCC(C(C)(C)CC)CC1. The van der Waals surface area contributed by atoms with Crippen LogP contribution in [0, 0.1) is 11.3 Å². The lowest BCUT2D eigenvalue weighted by molar-refractivity contribution is 0.127. The van der Waals surface area contributed by atoms with Gasteiger partial charge in [0.25, 0.3) is 0 Å². The van der Waals surface area contributed by atoms with Crippen LogP contribution < -0.4 is 5.32 Å². The Morgan fingerprint density at radius 2 is 1.76 bits per heavy atom. The summed E-state index contributed by atoms with van der Waals surface area (Å²) >= 11 is 0. The first-order valence-corrected chi connectivity index (χ1v) is 7.40. The van der Waals surface area contributed by atoms with Crippen LogP contribution in [0.1, 0.15) is 66.2 Å². The monoisotopic (exact) mass is 241 g/mol. The molecule has 1 aliphatic carbocycles. The second-order valence-electron chi connectivity index (χ2n) is 6.35. The normalized spacial score (nSPS) is 28.1. The molecule has 0 aromatic heterocycles. The Balaban J connectivity index is 2.35. The first-order chi connectivity index (χ1) is 8.03. The summed E-state index contributed by atoms with van der Waals surface area (Å²) in [7, 11) is 0. The minimum atomic E-state index is 0.275. The zero-order chi connectivity index (χ0) is 12.9. The largest absolute Gasteiger partial charge is 0.395 e. The molecule has 0 aromatic rings. The maximum absolute atomic E-state index is 9.21. The van der Waals surface area contributed by atoms with Crippen molar-refractivity contribution in [1.82, 2.24) is 5.32 Å². The lowest BCUT2D eigenvalue weighted by atomic mass is 9.69. The van der Waals surface area contributed by atoms with Gasteiger partial charge in [0, 0.05) is 12.1 Å². The highest BCUT2D eigenvalue weighted by Crippen LogP contribution is 2.40. The average molecular weight is 241 g/mol. The van der Waals surface area contributed by atoms with E-state index >= 15 is 0 Å². The Kier molecular flexibility index (Phi) is 5.94. The molecule has 0 spiro atoms. The van der Waals surface area contributed by atoms with E-state index in [0.29, 0.717) is 17.5 Å². The number of hydrogen-bond acceptors (Lipinski definition) is 2. The van der Waals surface area contributed by atoms with E-state index in [2.05, 4.69) is 33.0 Å². The first kappa shape index (κ1) is 15.0. The standard InChI is InChI=1S/C15H31NO/c1-5-13(11-17)16-14-9-7-12(8-10-14)15(3,4)6-2/h12-14,16-17H,5-11H2,1-4H3/t12?,13-,14?/m1/s1. The molecule has 2 N–H and O–H groups in total. The van der Waals surface area contributed by atoms with Crippen LogP contribution in [0.15, 0.2) is 0 Å². The van der Waals surface area contributed by atoms with E-state index in [-0.39, 0.29) is 6.61 Å². The molecule has 0 heterocycles. The minimum Gasteiger partial charge on any atom is -0.395 e. The van der Waals surface area contributed by atoms with E-state index in [1.54, 1.807) is 0 Å². The molecule has 1 atom stereocenters. The molecule has 0 aliphatic heterocycles. The van der Waals surface area contributed by atoms with Gasteiger partial charge in [-0.25, -0.2) is 0 Å². The molecule has 17 heavy (non-hydrogen) atoms. The highest BCUT2D eigenvalue weighted by Gasteiger charge is 2.31. The number of rotatable bonds is 6. The summed E-state index contributed by atoms with van der Waals surface area (Å²) in [5, 5.41) is 12.8. The smallest absolute Gasteiger partial charge is 0.0584 e. The van der Waals surface area contributed by atoms with Crippen LogP contribution in [0.2, 0.25) is 0 Å². The van der Waals surface area contributed by atoms with E-state index in [0.717, 1.165) is 12.3 Å². The second kappa shape index (κ2) is 6.75. The molecule has 1 fully saturated rings. The van der Waals surface area contributed by atoms with Gasteiger partial charge in [0.2, 0.25) is 0 Å². The van der Waals surface area contributed by atoms with Crippen LogP contribution in [0.25, 0.3) is 0 Å². The summed E-state index contributed by atoms with van der Waals surface area (Å²) in [6, 6.07) is 0.937. The Morgan fingerprint density at radius 3 is 2.18 bits per heavy atom. The molecule has 0 unspecified atom stereocenters. The number of hydrogen-bond donors (Lipinski definition) is 2. The van der Waals surface area contributed by atoms with Crippen molar-refractivity contribution in [3.8, 4) is 0 Å². The second-order valence-corrected chi connectivity index (χ2v) is 6.35. The van der Waals surface area contributed by atoms with Crippen molar-refractivity contribution in [1.29, 1.82) is 0 Å². The van der Waals surface area contributed by atoms with Crippen molar-refractivity contribution in [2.45, 2.75) is 78.3 Å². The Morgan fingerprint density at radius 1 is 1.18 bits per heavy atom. The molecule has 0 radical (unpaired) electrons. The lowest BCUT2D eigenvalue weighted by Crippen LogP contribution is -2.43. The molecule has 102 valence electrons. The van der Waals surface area contributed by atoms with Crippen LogP contribution in [0.4, 0.5) is 0 Å². The summed E-state index contributed by atoms with van der Waals surface area (Å²) in [6.45, 7) is 9.54. The van der Waals surface area contributed by atoms with Crippen LogP contribution in [0.3, 0.4) is 0 Å². The van der Waals surface area contributed by atoms with Gasteiger partial charge in [-0.1, -0.05) is 34.1 Å². The molecule has 1 aliphatic rings. The fourth-order valence-electron chi connectivity index (χ4n) is 2.96. The molecule has 0 saturated heterocycles. The van der Waals surface area contributed by atoms with Gasteiger partial charge in [-0.05, 0) is 43.4 Å². The zero-order valence-electron chi connectivity index (χ0n) is 12.1. The summed E-state index contributed by atoms with van der Waals surface area (Å²) in [5.74, 6) is 0.889. The third-order valence-corrected chi connectivity index (χ3v) is 4.93. The fraction of sp³-hybridized carbons (Fsp3) is 1.00.